The molecule has 3 rings (SSSR count). The van der Waals surface area contributed by atoms with Crippen LogP contribution in [0.4, 0.5) is 9.93 Å². The van der Waals surface area contributed by atoms with E-state index in [0.717, 1.165) is 35.6 Å². The van der Waals surface area contributed by atoms with Crippen LogP contribution in [0.2, 0.25) is 0 Å². The number of carbonyl (C=O) groups is 2. The Balaban J connectivity index is 1.56. The molecule has 0 saturated heterocycles. The van der Waals surface area contributed by atoms with Crippen molar-refractivity contribution in [2.24, 2.45) is 0 Å². The molecule has 0 spiro atoms. The van der Waals surface area contributed by atoms with Crippen molar-refractivity contribution in [1.82, 2.24) is 9.88 Å². The topological polar surface area (TPSA) is 80.8 Å². The molecule has 29 heavy (non-hydrogen) atoms. The minimum atomic E-state index is -0.311. The second kappa shape index (κ2) is 10.2. The molecule has 8 heteroatoms. The maximum atomic E-state index is 12.5. The highest BCUT2D eigenvalue weighted by molar-refractivity contribution is 7.15. The van der Waals surface area contributed by atoms with Crippen LogP contribution >= 0.6 is 11.3 Å². The minimum absolute atomic E-state index is 0.212. The van der Waals surface area contributed by atoms with Crippen molar-refractivity contribution in [3.63, 3.8) is 0 Å². The normalized spacial score (nSPS) is 13.0. The molecule has 2 amide bonds. The number of hydrogen-bond acceptors (Lipinski definition) is 6. The van der Waals surface area contributed by atoms with Gasteiger partial charge in [-0.3, -0.25) is 10.1 Å². The largest absolute Gasteiger partial charge is 0.494 e. The molecule has 0 saturated carbocycles. The van der Waals surface area contributed by atoms with Crippen molar-refractivity contribution < 1.29 is 19.1 Å². The van der Waals surface area contributed by atoms with Crippen LogP contribution in [0.3, 0.4) is 0 Å². The third-order valence-electron chi connectivity index (χ3n) is 4.61. The fourth-order valence-electron chi connectivity index (χ4n) is 3.03. The number of amides is 2. The third-order valence-corrected chi connectivity index (χ3v) is 5.61. The summed E-state index contributed by atoms with van der Waals surface area (Å²) >= 11 is 1.40. The fraction of sp³-hybridized carbons (Fsp3) is 0.476. The zero-order valence-electron chi connectivity index (χ0n) is 16.9. The van der Waals surface area contributed by atoms with Crippen LogP contribution in [0.25, 0.3) is 0 Å². The molecule has 0 aliphatic carbocycles. The standard InChI is InChI=1S/C21H27N3O4S/c1-3-5-6-13-28-16-9-7-15(8-10-16)19(25)23-20-22-17-11-12-24(14-18(17)29-20)21(26)27-4-2/h7-10H,3-6,11-14H2,1-2H3,(H,22,23,25). The number of unbranched alkanes of at least 4 members (excludes halogenated alkanes) is 2. The molecular formula is C21H27N3O4S. The van der Waals surface area contributed by atoms with Crippen molar-refractivity contribution >= 4 is 28.5 Å². The molecule has 1 aromatic heterocycles. The van der Waals surface area contributed by atoms with Crippen LogP contribution in [0.1, 0.15) is 54.0 Å². The lowest BCUT2D eigenvalue weighted by Crippen LogP contribution is -2.35. The van der Waals surface area contributed by atoms with Crippen molar-refractivity contribution in [2.45, 2.75) is 46.1 Å². The van der Waals surface area contributed by atoms with E-state index < -0.39 is 0 Å². The van der Waals surface area contributed by atoms with Gasteiger partial charge >= 0.3 is 6.09 Å². The first-order chi connectivity index (χ1) is 14.1. The van der Waals surface area contributed by atoms with Crippen LogP contribution < -0.4 is 10.1 Å². The van der Waals surface area contributed by atoms with Crippen molar-refractivity contribution in [2.75, 3.05) is 25.1 Å². The van der Waals surface area contributed by atoms with Gasteiger partial charge in [0.25, 0.3) is 5.91 Å². The first-order valence-electron chi connectivity index (χ1n) is 10.0. The van der Waals surface area contributed by atoms with E-state index in [1.165, 1.54) is 11.3 Å². The highest BCUT2D eigenvalue weighted by Gasteiger charge is 2.25. The molecule has 156 valence electrons. The lowest BCUT2D eigenvalue weighted by molar-refractivity contribution is 0.102. The zero-order chi connectivity index (χ0) is 20.6. The van der Waals surface area contributed by atoms with E-state index in [1.807, 2.05) is 12.1 Å². The number of aromatic nitrogens is 1. The monoisotopic (exact) mass is 417 g/mol. The number of hydrogen-bond donors (Lipinski definition) is 1. The Labute approximate surface area is 175 Å². The average molecular weight is 418 g/mol. The van der Waals surface area contributed by atoms with Gasteiger partial charge in [0, 0.05) is 23.4 Å². The highest BCUT2D eigenvalue weighted by Crippen LogP contribution is 2.29. The third kappa shape index (κ3) is 5.69. The van der Waals surface area contributed by atoms with E-state index in [1.54, 1.807) is 24.0 Å². The Hall–Kier alpha value is -2.61. The van der Waals surface area contributed by atoms with Crippen molar-refractivity contribution in [1.29, 1.82) is 0 Å². The van der Waals surface area contributed by atoms with E-state index >= 15 is 0 Å². The highest BCUT2D eigenvalue weighted by atomic mass is 32.1. The van der Waals surface area contributed by atoms with Crippen LogP contribution in [0.15, 0.2) is 24.3 Å². The quantitative estimate of drug-likeness (QED) is 0.641. The molecule has 0 atom stereocenters. The second-order valence-electron chi connectivity index (χ2n) is 6.79. The SMILES string of the molecule is CCCCCOc1ccc(C(=O)Nc2nc3c(s2)CN(C(=O)OCC)CC3)cc1. The first kappa shape index (κ1) is 21.1. The van der Waals surface area contributed by atoms with Gasteiger partial charge in [-0.2, -0.15) is 0 Å². The number of ether oxygens (including phenoxy) is 2. The average Bonchev–Trinajstić information content (AvgIpc) is 3.13. The summed E-state index contributed by atoms with van der Waals surface area (Å²) in [5.41, 5.74) is 1.48. The van der Waals surface area contributed by atoms with E-state index in [0.29, 0.717) is 43.4 Å². The Morgan fingerprint density at radius 3 is 2.72 bits per heavy atom. The van der Waals surface area contributed by atoms with Crippen LogP contribution in [0.5, 0.6) is 5.75 Å². The van der Waals surface area contributed by atoms with Crippen LogP contribution in [0, 0.1) is 0 Å². The van der Waals surface area contributed by atoms with Gasteiger partial charge < -0.3 is 14.4 Å². The predicted molar refractivity (Wildman–Crippen MR) is 113 cm³/mol. The lowest BCUT2D eigenvalue weighted by atomic mass is 10.2. The molecular weight excluding hydrogens is 390 g/mol. The molecule has 2 heterocycles. The van der Waals surface area contributed by atoms with Gasteiger partial charge in [-0.1, -0.05) is 31.1 Å². The van der Waals surface area contributed by atoms with E-state index in [-0.39, 0.29) is 12.0 Å². The Kier molecular flexibility index (Phi) is 7.46. The summed E-state index contributed by atoms with van der Waals surface area (Å²) in [6, 6.07) is 7.12. The smallest absolute Gasteiger partial charge is 0.410 e. The van der Waals surface area contributed by atoms with Gasteiger partial charge in [0.05, 0.1) is 25.5 Å². The lowest BCUT2D eigenvalue weighted by Gasteiger charge is -2.24. The zero-order valence-corrected chi connectivity index (χ0v) is 17.7. The number of rotatable bonds is 8. The van der Waals surface area contributed by atoms with Gasteiger partial charge in [0.2, 0.25) is 0 Å². The van der Waals surface area contributed by atoms with Crippen LogP contribution in [-0.2, 0) is 17.7 Å². The summed E-state index contributed by atoms with van der Waals surface area (Å²) in [4.78, 5) is 31.6. The summed E-state index contributed by atoms with van der Waals surface area (Å²) in [7, 11) is 0. The van der Waals surface area contributed by atoms with E-state index in [4.69, 9.17) is 9.47 Å². The van der Waals surface area contributed by atoms with Gasteiger partial charge in [-0.05, 0) is 37.6 Å². The number of benzene rings is 1. The molecule has 1 N–H and O–H groups in total. The van der Waals surface area contributed by atoms with Gasteiger partial charge in [0.1, 0.15) is 5.75 Å². The number of nitrogens with zero attached hydrogens (tertiary/aromatic N) is 2. The summed E-state index contributed by atoms with van der Waals surface area (Å²) in [6.45, 7) is 6.03. The fourth-order valence-corrected chi connectivity index (χ4v) is 4.05. The van der Waals surface area contributed by atoms with Gasteiger partial charge in [-0.25, -0.2) is 9.78 Å². The van der Waals surface area contributed by atoms with Crippen LogP contribution in [-0.4, -0.2) is 41.6 Å². The molecule has 0 bridgehead atoms. The predicted octanol–water partition coefficient (Wildman–Crippen LogP) is 4.48. The summed E-state index contributed by atoms with van der Waals surface area (Å²) < 4.78 is 10.7. The van der Waals surface area contributed by atoms with Gasteiger partial charge in [0.15, 0.2) is 5.13 Å². The first-order valence-corrected chi connectivity index (χ1v) is 10.9. The Morgan fingerprint density at radius 1 is 1.21 bits per heavy atom. The summed E-state index contributed by atoms with van der Waals surface area (Å²) in [6.07, 6.45) is 3.68. The molecule has 1 aromatic carbocycles. The summed E-state index contributed by atoms with van der Waals surface area (Å²) in [5, 5.41) is 3.40. The number of anilines is 1. The number of carbonyl (C=O) groups excluding carboxylic acids is 2. The van der Waals surface area contributed by atoms with E-state index in [2.05, 4.69) is 17.2 Å². The molecule has 0 fully saturated rings. The molecule has 2 aromatic rings. The molecule has 1 aliphatic heterocycles. The maximum Gasteiger partial charge on any atom is 0.410 e. The second-order valence-corrected chi connectivity index (χ2v) is 7.88. The van der Waals surface area contributed by atoms with Gasteiger partial charge in [-0.15, -0.1) is 0 Å². The van der Waals surface area contributed by atoms with Crippen molar-refractivity contribution in [3.8, 4) is 5.75 Å². The molecule has 7 nitrogen and oxygen atoms in total. The summed E-state index contributed by atoms with van der Waals surface area (Å²) in [5.74, 6) is 0.553. The molecule has 0 radical (unpaired) electrons. The van der Waals surface area contributed by atoms with Crippen molar-refractivity contribution in [3.05, 3.63) is 40.4 Å². The number of fused-ring (bicyclic) bond motifs is 1. The molecule has 1 aliphatic rings. The Morgan fingerprint density at radius 2 is 2.00 bits per heavy atom. The number of nitrogens with one attached hydrogen (secondary N) is 1. The number of thiazole rings is 1. The molecule has 0 unspecified atom stereocenters. The minimum Gasteiger partial charge on any atom is -0.494 e. The maximum absolute atomic E-state index is 12.5. The van der Waals surface area contributed by atoms with E-state index in [9.17, 15) is 9.59 Å². The Bertz CT molecular complexity index is 835.